The molecular formula is C13H17NO2. The highest BCUT2D eigenvalue weighted by Crippen LogP contribution is 2.35. The molecule has 0 amide bonds. The summed E-state index contributed by atoms with van der Waals surface area (Å²) in [5.41, 5.74) is 1.36. The number of hydrogen-bond acceptors (Lipinski definition) is 2. The van der Waals surface area contributed by atoms with E-state index in [1.54, 1.807) is 12.1 Å². The number of hydrogen-bond donors (Lipinski definition) is 2. The summed E-state index contributed by atoms with van der Waals surface area (Å²) in [6, 6.07) is 7.51. The van der Waals surface area contributed by atoms with Crippen LogP contribution >= 0.6 is 0 Å². The molecule has 0 aromatic heterocycles. The van der Waals surface area contributed by atoms with Crippen LogP contribution in [-0.4, -0.2) is 17.1 Å². The van der Waals surface area contributed by atoms with E-state index in [0.717, 1.165) is 18.0 Å². The molecule has 16 heavy (non-hydrogen) atoms. The van der Waals surface area contributed by atoms with E-state index in [0.29, 0.717) is 11.6 Å². The van der Waals surface area contributed by atoms with E-state index >= 15 is 0 Å². The van der Waals surface area contributed by atoms with Crippen molar-refractivity contribution in [2.75, 3.05) is 5.32 Å². The minimum atomic E-state index is -0.874. The Hall–Kier alpha value is -1.51. The summed E-state index contributed by atoms with van der Waals surface area (Å²) in [4.78, 5) is 10.7. The molecule has 0 spiro atoms. The van der Waals surface area contributed by atoms with Crippen molar-refractivity contribution in [2.45, 2.75) is 32.2 Å². The third-order valence-corrected chi connectivity index (χ3v) is 3.11. The van der Waals surface area contributed by atoms with Gasteiger partial charge in [-0.15, -0.1) is 0 Å². The molecule has 3 nitrogen and oxygen atoms in total. The van der Waals surface area contributed by atoms with Crippen molar-refractivity contribution in [3.63, 3.8) is 0 Å². The molecule has 3 heteroatoms. The molecule has 1 atom stereocenters. The molecule has 0 bridgehead atoms. The molecule has 0 heterocycles. The molecule has 0 saturated heterocycles. The Bertz CT molecular complexity index is 368. The molecule has 2 N–H and O–H groups in total. The first-order chi connectivity index (χ1) is 7.70. The predicted molar refractivity (Wildman–Crippen MR) is 63.8 cm³/mol. The molecule has 1 fully saturated rings. The summed E-state index contributed by atoms with van der Waals surface area (Å²) < 4.78 is 0. The third-order valence-electron chi connectivity index (χ3n) is 3.11. The van der Waals surface area contributed by atoms with E-state index < -0.39 is 5.97 Å². The van der Waals surface area contributed by atoms with Gasteiger partial charge >= 0.3 is 5.97 Å². The SMILES string of the molecule is CCC(Nc1ccc(C(=O)O)cc1)C1CC1. The van der Waals surface area contributed by atoms with Gasteiger partial charge in [0.25, 0.3) is 0 Å². The standard InChI is InChI=1S/C13H17NO2/c1-2-12(9-3-4-9)14-11-7-5-10(6-8-11)13(15)16/h5-9,12,14H,2-4H2,1H3,(H,15,16). The maximum Gasteiger partial charge on any atom is 0.335 e. The first-order valence-electron chi connectivity index (χ1n) is 5.80. The minimum Gasteiger partial charge on any atom is -0.478 e. The van der Waals surface area contributed by atoms with E-state index in [1.807, 2.05) is 12.1 Å². The monoisotopic (exact) mass is 219 g/mol. The maximum atomic E-state index is 10.7. The van der Waals surface area contributed by atoms with Crippen LogP contribution in [0.1, 0.15) is 36.5 Å². The van der Waals surface area contributed by atoms with Gasteiger partial charge in [0, 0.05) is 11.7 Å². The van der Waals surface area contributed by atoms with Gasteiger partial charge in [0.15, 0.2) is 0 Å². The number of aromatic carboxylic acids is 1. The van der Waals surface area contributed by atoms with Crippen molar-refractivity contribution in [1.29, 1.82) is 0 Å². The molecular weight excluding hydrogens is 202 g/mol. The van der Waals surface area contributed by atoms with Crippen molar-refractivity contribution in [3.05, 3.63) is 29.8 Å². The van der Waals surface area contributed by atoms with E-state index in [9.17, 15) is 4.79 Å². The van der Waals surface area contributed by atoms with Crippen LogP contribution in [0.25, 0.3) is 0 Å². The van der Waals surface area contributed by atoms with Gasteiger partial charge < -0.3 is 10.4 Å². The number of benzene rings is 1. The second kappa shape index (κ2) is 4.56. The Labute approximate surface area is 95.5 Å². The van der Waals surface area contributed by atoms with Gasteiger partial charge in [0.1, 0.15) is 0 Å². The van der Waals surface area contributed by atoms with Gasteiger partial charge in [0.05, 0.1) is 5.56 Å². The Morgan fingerprint density at radius 1 is 1.44 bits per heavy atom. The number of carbonyl (C=O) groups is 1. The topological polar surface area (TPSA) is 49.3 Å². The third kappa shape index (κ3) is 2.54. The normalized spacial score (nSPS) is 16.8. The molecule has 1 aliphatic rings. The Morgan fingerprint density at radius 2 is 2.06 bits per heavy atom. The lowest BCUT2D eigenvalue weighted by atomic mass is 10.1. The van der Waals surface area contributed by atoms with Gasteiger partial charge in [-0.05, 0) is 49.4 Å². The fourth-order valence-corrected chi connectivity index (χ4v) is 1.97. The molecule has 0 radical (unpaired) electrons. The lowest BCUT2D eigenvalue weighted by Crippen LogP contribution is -2.20. The molecule has 1 aromatic rings. The molecule has 1 aromatic carbocycles. The summed E-state index contributed by atoms with van der Waals surface area (Å²) in [6.07, 6.45) is 3.75. The van der Waals surface area contributed by atoms with Crippen LogP contribution in [0, 0.1) is 5.92 Å². The van der Waals surface area contributed by atoms with Crippen LogP contribution < -0.4 is 5.32 Å². The van der Waals surface area contributed by atoms with Gasteiger partial charge in [0.2, 0.25) is 0 Å². The van der Waals surface area contributed by atoms with Crippen molar-refractivity contribution >= 4 is 11.7 Å². The minimum absolute atomic E-state index is 0.338. The number of nitrogens with one attached hydrogen (secondary N) is 1. The lowest BCUT2D eigenvalue weighted by Gasteiger charge is -2.17. The van der Waals surface area contributed by atoms with Crippen molar-refractivity contribution < 1.29 is 9.90 Å². The Morgan fingerprint density at radius 3 is 2.50 bits per heavy atom. The van der Waals surface area contributed by atoms with Gasteiger partial charge in [-0.3, -0.25) is 0 Å². The zero-order chi connectivity index (χ0) is 11.5. The van der Waals surface area contributed by atoms with E-state index in [4.69, 9.17) is 5.11 Å². The van der Waals surface area contributed by atoms with Crippen LogP contribution in [-0.2, 0) is 0 Å². The van der Waals surface area contributed by atoms with Crippen molar-refractivity contribution in [1.82, 2.24) is 0 Å². The fourth-order valence-electron chi connectivity index (χ4n) is 1.97. The first-order valence-corrected chi connectivity index (χ1v) is 5.80. The molecule has 1 aliphatic carbocycles. The Balaban J connectivity index is 2.01. The second-order valence-corrected chi connectivity index (χ2v) is 4.38. The van der Waals surface area contributed by atoms with Crippen LogP contribution in [0.15, 0.2) is 24.3 Å². The molecule has 0 aliphatic heterocycles. The van der Waals surface area contributed by atoms with Gasteiger partial charge in [-0.1, -0.05) is 6.92 Å². The van der Waals surface area contributed by atoms with E-state index in [-0.39, 0.29) is 0 Å². The highest BCUT2D eigenvalue weighted by atomic mass is 16.4. The van der Waals surface area contributed by atoms with Gasteiger partial charge in [-0.25, -0.2) is 4.79 Å². The average Bonchev–Trinajstić information content (AvgIpc) is 3.10. The summed E-state index contributed by atoms with van der Waals surface area (Å²) in [5.74, 6) is -0.0649. The molecule has 2 rings (SSSR count). The zero-order valence-electron chi connectivity index (χ0n) is 9.44. The first kappa shape index (κ1) is 11.0. The Kier molecular flexibility index (Phi) is 3.13. The van der Waals surface area contributed by atoms with E-state index in [2.05, 4.69) is 12.2 Å². The summed E-state index contributed by atoms with van der Waals surface area (Å²) in [6.45, 7) is 2.18. The number of carboxylic acid groups (broad SMARTS) is 1. The molecule has 1 saturated carbocycles. The molecule has 86 valence electrons. The van der Waals surface area contributed by atoms with Crippen molar-refractivity contribution in [3.8, 4) is 0 Å². The predicted octanol–water partition coefficient (Wildman–Crippen LogP) is 2.99. The second-order valence-electron chi connectivity index (χ2n) is 4.38. The van der Waals surface area contributed by atoms with Crippen LogP contribution in [0.4, 0.5) is 5.69 Å². The quantitative estimate of drug-likeness (QED) is 0.800. The number of carboxylic acids is 1. The highest BCUT2D eigenvalue weighted by Gasteiger charge is 2.29. The largest absolute Gasteiger partial charge is 0.478 e. The smallest absolute Gasteiger partial charge is 0.335 e. The highest BCUT2D eigenvalue weighted by molar-refractivity contribution is 5.87. The number of anilines is 1. The van der Waals surface area contributed by atoms with E-state index in [1.165, 1.54) is 12.8 Å². The fraction of sp³-hybridized carbons (Fsp3) is 0.462. The van der Waals surface area contributed by atoms with Gasteiger partial charge in [-0.2, -0.15) is 0 Å². The zero-order valence-corrected chi connectivity index (χ0v) is 9.44. The van der Waals surface area contributed by atoms with Crippen LogP contribution in [0.3, 0.4) is 0 Å². The number of rotatable bonds is 5. The average molecular weight is 219 g/mol. The summed E-state index contributed by atoms with van der Waals surface area (Å²) >= 11 is 0. The maximum absolute atomic E-state index is 10.7. The van der Waals surface area contributed by atoms with Crippen molar-refractivity contribution in [2.24, 2.45) is 5.92 Å². The lowest BCUT2D eigenvalue weighted by molar-refractivity contribution is 0.0697. The molecule has 1 unspecified atom stereocenters. The summed E-state index contributed by atoms with van der Waals surface area (Å²) in [7, 11) is 0. The van der Waals surface area contributed by atoms with Crippen LogP contribution in [0.2, 0.25) is 0 Å². The van der Waals surface area contributed by atoms with Crippen LogP contribution in [0.5, 0.6) is 0 Å². The summed E-state index contributed by atoms with van der Waals surface area (Å²) in [5, 5.41) is 12.2.